The van der Waals surface area contributed by atoms with Gasteiger partial charge in [0.2, 0.25) is 0 Å². The summed E-state index contributed by atoms with van der Waals surface area (Å²) in [7, 11) is 0. The van der Waals surface area contributed by atoms with Crippen molar-refractivity contribution in [2.75, 3.05) is 18.1 Å². The number of carbonyl (C=O) groups is 4. The molecule has 12 heteroatoms. The van der Waals surface area contributed by atoms with Crippen molar-refractivity contribution in [3.05, 3.63) is 87.6 Å². The number of nitrogens with zero attached hydrogens (tertiary/aromatic N) is 4. The third kappa shape index (κ3) is 4.98. The Kier molecular flexibility index (Phi) is 7.12. The topological polar surface area (TPSA) is 135 Å². The van der Waals surface area contributed by atoms with Crippen LogP contribution in [0.25, 0.3) is 5.65 Å². The number of fused-ring (bicyclic) bond motifs is 3. The number of halogens is 1. The van der Waals surface area contributed by atoms with E-state index in [9.17, 15) is 23.6 Å². The van der Waals surface area contributed by atoms with Crippen molar-refractivity contribution < 1.29 is 28.3 Å². The fourth-order valence-corrected chi connectivity index (χ4v) is 5.84. The maximum Gasteiger partial charge on any atom is 0.270 e. The number of rotatable bonds is 7. The normalized spacial score (nSPS) is 15.6. The number of likely N-dealkylation sites (N-methyl/N-ethyl adjacent to an activating group) is 1. The van der Waals surface area contributed by atoms with E-state index < -0.39 is 17.6 Å². The van der Waals surface area contributed by atoms with Crippen molar-refractivity contribution in [3.8, 4) is 5.75 Å². The van der Waals surface area contributed by atoms with Gasteiger partial charge in [0.05, 0.1) is 17.9 Å². The first kappa shape index (κ1) is 28.0. The molecule has 2 aromatic carbocycles. The molecule has 3 amide bonds. The monoisotopic (exact) mass is 584 g/mol. The van der Waals surface area contributed by atoms with Crippen LogP contribution < -0.4 is 20.3 Å². The summed E-state index contributed by atoms with van der Waals surface area (Å²) in [5.74, 6) is -1.53. The molecule has 4 aromatic rings. The average Bonchev–Trinajstić information content (AvgIpc) is 3.58. The second-order valence-corrected chi connectivity index (χ2v) is 10.6. The molecule has 2 N–H and O–H groups in total. The van der Waals surface area contributed by atoms with E-state index >= 15 is 0 Å². The number of amides is 3. The highest BCUT2D eigenvalue weighted by atomic mass is 19.1. The molecule has 0 fully saturated rings. The fourth-order valence-electron chi connectivity index (χ4n) is 5.84. The molecule has 220 valence electrons. The zero-order valence-electron chi connectivity index (χ0n) is 23.9. The number of hydrogen-bond acceptors (Lipinski definition) is 7. The van der Waals surface area contributed by atoms with Gasteiger partial charge in [-0.2, -0.15) is 5.10 Å². The number of ether oxygens (including phenoxy) is 1. The maximum absolute atomic E-state index is 14.6. The summed E-state index contributed by atoms with van der Waals surface area (Å²) in [4.78, 5) is 56.6. The number of Topliss-reactive ketones (excluding diaryl/α,β-unsaturated/α-hetero) is 1. The predicted octanol–water partition coefficient (Wildman–Crippen LogP) is 3.47. The molecule has 2 aromatic heterocycles. The second kappa shape index (κ2) is 10.9. The molecule has 1 aliphatic heterocycles. The molecular weight excluding hydrogens is 555 g/mol. The summed E-state index contributed by atoms with van der Waals surface area (Å²) < 4.78 is 21.2. The Labute approximate surface area is 246 Å². The Morgan fingerprint density at radius 3 is 2.72 bits per heavy atom. The minimum Gasteiger partial charge on any atom is -0.482 e. The van der Waals surface area contributed by atoms with E-state index in [4.69, 9.17) is 4.74 Å². The summed E-state index contributed by atoms with van der Waals surface area (Å²) in [5.41, 5.74) is 4.38. The molecule has 6 rings (SSSR count). The first-order valence-electron chi connectivity index (χ1n) is 14.0. The Bertz CT molecular complexity index is 1830. The fraction of sp³-hybridized carbons (Fsp3) is 0.290. The third-order valence-electron chi connectivity index (χ3n) is 8.01. The number of carbonyl (C=O) groups excluding carboxylic acids is 4. The highest BCUT2D eigenvalue weighted by molar-refractivity contribution is 5.99. The molecule has 0 radical (unpaired) electrons. The zero-order chi connectivity index (χ0) is 30.4. The quantitative estimate of drug-likeness (QED) is 0.318. The highest BCUT2D eigenvalue weighted by Crippen LogP contribution is 2.35. The van der Waals surface area contributed by atoms with Gasteiger partial charge in [-0.1, -0.05) is 18.2 Å². The molecule has 3 heterocycles. The zero-order valence-corrected chi connectivity index (χ0v) is 23.9. The van der Waals surface area contributed by atoms with Gasteiger partial charge in [0, 0.05) is 24.7 Å². The second-order valence-electron chi connectivity index (χ2n) is 10.6. The van der Waals surface area contributed by atoms with Crippen LogP contribution in [0, 0.1) is 12.7 Å². The van der Waals surface area contributed by atoms with Gasteiger partial charge >= 0.3 is 0 Å². The van der Waals surface area contributed by atoms with Crippen LogP contribution in [0.2, 0.25) is 0 Å². The first-order chi connectivity index (χ1) is 20.7. The standard InChI is InChI=1S/C31H29FN6O5/c1-4-37-25-11-18(5-10-27(25)43-15-28(37)40)13-33-30(41)24-12-26(38-29(35-24)22(32)14-34-38)31(42)36-23-9-8-20-16(2)19(17(3)39)6-7-21(20)23/h5-7,10-12,14,23H,4,8-9,13,15H2,1-3H3,(H,33,41)(H,36,42)/t23-/m0/s1. The van der Waals surface area contributed by atoms with E-state index in [0.717, 1.165) is 27.4 Å². The van der Waals surface area contributed by atoms with Gasteiger partial charge in [-0.3, -0.25) is 19.2 Å². The van der Waals surface area contributed by atoms with Crippen LogP contribution in [-0.2, 0) is 17.8 Å². The van der Waals surface area contributed by atoms with Crippen LogP contribution in [-0.4, -0.2) is 51.3 Å². The molecular formula is C31H29FN6O5. The van der Waals surface area contributed by atoms with Crippen LogP contribution >= 0.6 is 0 Å². The Morgan fingerprint density at radius 1 is 1.14 bits per heavy atom. The lowest BCUT2D eigenvalue weighted by atomic mass is 9.96. The van der Waals surface area contributed by atoms with E-state index in [1.807, 2.05) is 19.9 Å². The molecule has 43 heavy (non-hydrogen) atoms. The van der Waals surface area contributed by atoms with Crippen LogP contribution in [0.1, 0.15) is 79.9 Å². The van der Waals surface area contributed by atoms with Crippen LogP contribution in [0.3, 0.4) is 0 Å². The Morgan fingerprint density at radius 2 is 1.95 bits per heavy atom. The molecule has 2 aliphatic rings. The van der Waals surface area contributed by atoms with Crippen molar-refractivity contribution in [2.45, 2.75) is 46.2 Å². The summed E-state index contributed by atoms with van der Waals surface area (Å²) in [6.07, 6.45) is 2.27. The number of nitrogens with one attached hydrogen (secondary N) is 2. The SMILES string of the molecule is CCN1C(=O)COc2ccc(CNC(=O)c3cc(C(=O)N[C@H]4CCc5c4ccc(C(C)=O)c5C)n4ncc(F)c4n3)cc21. The predicted molar refractivity (Wildman–Crippen MR) is 154 cm³/mol. The van der Waals surface area contributed by atoms with Gasteiger partial charge in [0.1, 0.15) is 17.1 Å². The van der Waals surface area contributed by atoms with Crippen LogP contribution in [0.5, 0.6) is 5.75 Å². The lowest BCUT2D eigenvalue weighted by Crippen LogP contribution is -2.38. The van der Waals surface area contributed by atoms with Crippen molar-refractivity contribution in [1.82, 2.24) is 25.2 Å². The van der Waals surface area contributed by atoms with Gasteiger partial charge in [0.15, 0.2) is 23.9 Å². The van der Waals surface area contributed by atoms with E-state index in [1.54, 1.807) is 29.2 Å². The lowest BCUT2D eigenvalue weighted by molar-refractivity contribution is -0.121. The van der Waals surface area contributed by atoms with Crippen LogP contribution in [0.15, 0.2) is 42.6 Å². The number of hydrogen-bond donors (Lipinski definition) is 2. The van der Waals surface area contributed by atoms with Gasteiger partial charge in [0.25, 0.3) is 17.7 Å². The van der Waals surface area contributed by atoms with Gasteiger partial charge in [-0.15, -0.1) is 0 Å². The largest absolute Gasteiger partial charge is 0.482 e. The van der Waals surface area contributed by atoms with Crippen molar-refractivity contribution in [1.29, 1.82) is 0 Å². The van der Waals surface area contributed by atoms with E-state index in [0.29, 0.717) is 42.0 Å². The lowest BCUT2D eigenvalue weighted by Gasteiger charge is -2.28. The summed E-state index contributed by atoms with van der Waals surface area (Å²) in [5, 5.41) is 9.71. The highest BCUT2D eigenvalue weighted by Gasteiger charge is 2.29. The van der Waals surface area contributed by atoms with E-state index in [2.05, 4.69) is 20.7 Å². The summed E-state index contributed by atoms with van der Waals surface area (Å²) in [6, 6.07) is 9.86. The number of benzene rings is 2. The van der Waals surface area contributed by atoms with E-state index in [1.165, 1.54) is 13.0 Å². The minimum absolute atomic E-state index is 0.0165. The first-order valence-corrected chi connectivity index (χ1v) is 14.0. The van der Waals surface area contributed by atoms with Crippen LogP contribution in [0.4, 0.5) is 10.1 Å². The number of ketones is 1. The van der Waals surface area contributed by atoms with Crippen molar-refractivity contribution in [2.24, 2.45) is 0 Å². The van der Waals surface area contributed by atoms with Gasteiger partial charge < -0.3 is 20.3 Å². The molecule has 1 atom stereocenters. The third-order valence-corrected chi connectivity index (χ3v) is 8.01. The molecule has 1 aliphatic carbocycles. The number of aromatic nitrogens is 3. The Hall–Kier alpha value is -5.13. The summed E-state index contributed by atoms with van der Waals surface area (Å²) >= 11 is 0. The smallest absolute Gasteiger partial charge is 0.270 e. The molecule has 0 unspecified atom stereocenters. The van der Waals surface area contributed by atoms with Crippen molar-refractivity contribution in [3.63, 3.8) is 0 Å². The minimum atomic E-state index is -0.777. The molecule has 0 saturated heterocycles. The van der Waals surface area contributed by atoms with E-state index in [-0.39, 0.29) is 47.9 Å². The average molecular weight is 585 g/mol. The van der Waals surface area contributed by atoms with Crippen molar-refractivity contribution >= 4 is 34.8 Å². The molecule has 0 saturated carbocycles. The number of anilines is 1. The molecule has 0 spiro atoms. The molecule has 0 bridgehead atoms. The summed E-state index contributed by atoms with van der Waals surface area (Å²) in [6.45, 7) is 5.83. The van der Waals surface area contributed by atoms with Gasteiger partial charge in [-0.25, -0.2) is 13.9 Å². The Balaban J connectivity index is 1.23. The van der Waals surface area contributed by atoms with Gasteiger partial charge in [-0.05, 0) is 68.0 Å². The molecule has 11 nitrogen and oxygen atoms in total. The maximum atomic E-state index is 14.6.